The minimum Gasteiger partial charge on any atom is -0.382 e. The second kappa shape index (κ2) is 8.28. The number of nitrogens with one attached hydrogen (secondary N) is 1. The second-order valence-electron chi connectivity index (χ2n) is 4.25. The molecule has 9 heteroatoms. The van der Waals surface area contributed by atoms with Gasteiger partial charge in [0.25, 0.3) is 0 Å². The highest BCUT2D eigenvalue weighted by Gasteiger charge is 2.22. The third kappa shape index (κ3) is 5.07. The predicted octanol–water partition coefficient (Wildman–Crippen LogP) is 1.39. The Morgan fingerprint density at radius 1 is 1.33 bits per heavy atom. The Labute approximate surface area is 134 Å². The minimum absolute atomic E-state index is 0.0491. The van der Waals surface area contributed by atoms with Crippen molar-refractivity contribution in [1.82, 2.24) is 4.72 Å². The van der Waals surface area contributed by atoms with E-state index in [1.54, 1.807) is 0 Å². The molecule has 0 heterocycles. The Kier molecular flexibility index (Phi) is 7.35. The van der Waals surface area contributed by atoms with Crippen LogP contribution in [0.15, 0.2) is 17.0 Å². The van der Waals surface area contributed by atoms with Crippen LogP contribution in [0.4, 0.5) is 0 Å². The predicted molar refractivity (Wildman–Crippen MR) is 82.2 cm³/mol. The number of sulfonamides is 1. The van der Waals surface area contributed by atoms with Gasteiger partial charge in [0.15, 0.2) is 0 Å². The zero-order valence-electron chi connectivity index (χ0n) is 11.7. The van der Waals surface area contributed by atoms with Crippen LogP contribution in [-0.4, -0.2) is 41.9 Å². The molecule has 1 rings (SSSR count). The van der Waals surface area contributed by atoms with Gasteiger partial charge in [0.1, 0.15) is 4.90 Å². The van der Waals surface area contributed by atoms with Crippen LogP contribution in [-0.2, 0) is 26.0 Å². The Bertz CT molecular complexity index is 581. The Balaban J connectivity index is 3.00. The van der Waals surface area contributed by atoms with Crippen LogP contribution < -0.4 is 10.5 Å². The standard InChI is InChI=1S/C12H18Cl2N2O4S/c1-19-7-10(20-2)6-16-21(17,18)11-4-9(13)3-8(5-15)12(11)14/h3-4,10,16H,5-7,15H2,1-2H3. The molecule has 120 valence electrons. The van der Waals surface area contributed by atoms with Gasteiger partial charge in [0, 0.05) is 32.3 Å². The van der Waals surface area contributed by atoms with E-state index in [1.165, 1.54) is 26.4 Å². The molecule has 0 saturated heterocycles. The van der Waals surface area contributed by atoms with Crippen molar-refractivity contribution in [3.05, 3.63) is 27.7 Å². The molecule has 0 radical (unpaired) electrons. The lowest BCUT2D eigenvalue weighted by molar-refractivity contribution is 0.0320. The number of hydrogen-bond donors (Lipinski definition) is 2. The van der Waals surface area contributed by atoms with Gasteiger partial charge in [0.2, 0.25) is 10.0 Å². The van der Waals surface area contributed by atoms with E-state index in [1.807, 2.05) is 0 Å². The summed E-state index contributed by atoms with van der Waals surface area (Å²) in [6, 6.07) is 2.81. The molecule has 3 N–H and O–H groups in total. The quantitative estimate of drug-likeness (QED) is 0.734. The maximum Gasteiger partial charge on any atom is 0.242 e. The number of ether oxygens (including phenoxy) is 2. The van der Waals surface area contributed by atoms with Crippen LogP contribution in [0.1, 0.15) is 5.56 Å². The number of hydrogen-bond acceptors (Lipinski definition) is 5. The molecule has 1 aromatic rings. The summed E-state index contributed by atoms with van der Waals surface area (Å²) in [4.78, 5) is -0.107. The third-order valence-corrected chi connectivity index (χ3v) is 5.00. The summed E-state index contributed by atoms with van der Waals surface area (Å²) in [5.41, 5.74) is 5.98. The molecule has 0 aromatic heterocycles. The first kappa shape index (κ1) is 18.6. The van der Waals surface area contributed by atoms with Gasteiger partial charge in [0.05, 0.1) is 17.7 Å². The van der Waals surface area contributed by atoms with Crippen molar-refractivity contribution in [2.24, 2.45) is 5.73 Å². The molecule has 0 amide bonds. The van der Waals surface area contributed by atoms with Crippen LogP contribution >= 0.6 is 23.2 Å². The highest BCUT2D eigenvalue weighted by atomic mass is 35.5. The molecule has 1 atom stereocenters. The number of rotatable bonds is 8. The van der Waals surface area contributed by atoms with E-state index in [-0.39, 0.29) is 34.6 Å². The minimum atomic E-state index is -3.83. The molecule has 0 aliphatic carbocycles. The molecule has 21 heavy (non-hydrogen) atoms. The van der Waals surface area contributed by atoms with Crippen molar-refractivity contribution in [3.8, 4) is 0 Å². The van der Waals surface area contributed by atoms with Gasteiger partial charge in [-0.1, -0.05) is 23.2 Å². The van der Waals surface area contributed by atoms with Crippen molar-refractivity contribution in [2.75, 3.05) is 27.4 Å². The number of methoxy groups -OCH3 is 2. The zero-order chi connectivity index (χ0) is 16.0. The fourth-order valence-corrected chi connectivity index (χ4v) is 3.65. The summed E-state index contributed by atoms with van der Waals surface area (Å²) in [7, 11) is -0.856. The van der Waals surface area contributed by atoms with Gasteiger partial charge in [-0.15, -0.1) is 0 Å². The van der Waals surface area contributed by atoms with Crippen LogP contribution in [0.25, 0.3) is 0 Å². The largest absolute Gasteiger partial charge is 0.382 e. The average Bonchev–Trinajstić information content (AvgIpc) is 2.45. The van der Waals surface area contributed by atoms with Gasteiger partial charge in [-0.3, -0.25) is 0 Å². The summed E-state index contributed by atoms with van der Waals surface area (Å²) in [6.07, 6.45) is -0.406. The maximum absolute atomic E-state index is 12.3. The summed E-state index contributed by atoms with van der Waals surface area (Å²) < 4.78 is 37.0. The smallest absolute Gasteiger partial charge is 0.242 e. The Hall–Kier alpha value is -0.410. The van der Waals surface area contributed by atoms with Crippen LogP contribution in [0, 0.1) is 0 Å². The molecular formula is C12H18Cl2N2O4S. The molecule has 0 spiro atoms. The fraction of sp³-hybridized carbons (Fsp3) is 0.500. The van der Waals surface area contributed by atoms with Gasteiger partial charge in [-0.2, -0.15) is 0 Å². The topological polar surface area (TPSA) is 90.7 Å². The Morgan fingerprint density at radius 3 is 2.52 bits per heavy atom. The lowest BCUT2D eigenvalue weighted by atomic mass is 10.2. The lowest BCUT2D eigenvalue weighted by Gasteiger charge is -2.16. The SMILES string of the molecule is COCC(CNS(=O)(=O)c1cc(Cl)cc(CN)c1Cl)OC. The fourth-order valence-electron chi connectivity index (χ4n) is 1.64. The van der Waals surface area contributed by atoms with E-state index in [4.69, 9.17) is 38.4 Å². The number of benzene rings is 1. The molecule has 0 fully saturated rings. The molecule has 0 aliphatic rings. The number of halogens is 2. The lowest BCUT2D eigenvalue weighted by Crippen LogP contribution is -2.35. The summed E-state index contributed by atoms with van der Waals surface area (Å²) >= 11 is 12.0. The zero-order valence-corrected chi connectivity index (χ0v) is 14.1. The summed E-state index contributed by atoms with van der Waals surface area (Å²) in [6.45, 7) is 0.399. The van der Waals surface area contributed by atoms with Gasteiger partial charge in [-0.05, 0) is 17.7 Å². The molecule has 0 aliphatic heterocycles. The monoisotopic (exact) mass is 356 g/mol. The van der Waals surface area contributed by atoms with Crippen LogP contribution in [0.3, 0.4) is 0 Å². The molecule has 0 bridgehead atoms. The van der Waals surface area contributed by atoms with Crippen molar-refractivity contribution in [2.45, 2.75) is 17.5 Å². The van der Waals surface area contributed by atoms with E-state index in [0.717, 1.165) is 0 Å². The first-order valence-corrected chi connectivity index (χ1v) is 8.29. The van der Waals surface area contributed by atoms with Crippen molar-refractivity contribution in [1.29, 1.82) is 0 Å². The molecule has 6 nitrogen and oxygen atoms in total. The number of nitrogens with two attached hydrogens (primary N) is 1. The van der Waals surface area contributed by atoms with E-state index in [9.17, 15) is 8.42 Å². The van der Waals surface area contributed by atoms with Gasteiger partial charge >= 0.3 is 0 Å². The molecule has 1 unspecified atom stereocenters. The summed E-state index contributed by atoms with van der Waals surface area (Å²) in [5, 5.41) is 0.315. The summed E-state index contributed by atoms with van der Waals surface area (Å²) in [5.74, 6) is 0. The average molecular weight is 357 g/mol. The highest BCUT2D eigenvalue weighted by molar-refractivity contribution is 7.89. The van der Waals surface area contributed by atoms with E-state index < -0.39 is 16.1 Å². The molecule has 1 aromatic carbocycles. The second-order valence-corrected chi connectivity index (χ2v) is 6.80. The van der Waals surface area contributed by atoms with Gasteiger partial charge in [-0.25, -0.2) is 13.1 Å². The van der Waals surface area contributed by atoms with Crippen LogP contribution in [0.2, 0.25) is 10.0 Å². The Morgan fingerprint density at radius 2 is 2.00 bits per heavy atom. The highest BCUT2D eigenvalue weighted by Crippen LogP contribution is 2.29. The van der Waals surface area contributed by atoms with Crippen LogP contribution in [0.5, 0.6) is 0 Å². The normalized spacial score (nSPS) is 13.4. The van der Waals surface area contributed by atoms with E-state index in [0.29, 0.717) is 5.56 Å². The molecule has 0 saturated carbocycles. The van der Waals surface area contributed by atoms with Crippen molar-refractivity contribution in [3.63, 3.8) is 0 Å². The third-order valence-electron chi connectivity index (χ3n) is 2.78. The first-order chi connectivity index (χ1) is 9.85. The van der Waals surface area contributed by atoms with Crippen molar-refractivity contribution >= 4 is 33.2 Å². The van der Waals surface area contributed by atoms with E-state index >= 15 is 0 Å². The van der Waals surface area contributed by atoms with E-state index in [2.05, 4.69) is 4.72 Å². The molecular weight excluding hydrogens is 339 g/mol. The first-order valence-electron chi connectivity index (χ1n) is 6.05. The van der Waals surface area contributed by atoms with Gasteiger partial charge < -0.3 is 15.2 Å². The maximum atomic E-state index is 12.3. The van der Waals surface area contributed by atoms with Crippen molar-refractivity contribution < 1.29 is 17.9 Å².